The second kappa shape index (κ2) is 10.4. The number of amides is 1. The van der Waals surface area contributed by atoms with Crippen molar-refractivity contribution in [2.45, 2.75) is 26.4 Å². The van der Waals surface area contributed by atoms with Crippen molar-refractivity contribution in [1.29, 1.82) is 0 Å². The summed E-state index contributed by atoms with van der Waals surface area (Å²) in [4.78, 5) is 19.9. The van der Waals surface area contributed by atoms with Gasteiger partial charge in [0, 0.05) is 23.9 Å². The lowest BCUT2D eigenvalue weighted by atomic mass is 10.0. The molecule has 0 atom stereocenters. The maximum atomic E-state index is 13.6. The van der Waals surface area contributed by atoms with Crippen LogP contribution in [0.1, 0.15) is 32.7 Å². The lowest BCUT2D eigenvalue weighted by Gasteiger charge is -2.24. The summed E-state index contributed by atoms with van der Waals surface area (Å²) < 4.78 is 11.0. The van der Waals surface area contributed by atoms with E-state index in [1.807, 2.05) is 49.4 Å². The topological polar surface area (TPSA) is 51.7 Å². The Morgan fingerprint density at radius 1 is 1.06 bits per heavy atom. The molecule has 0 aliphatic rings. The van der Waals surface area contributed by atoms with Gasteiger partial charge in [0.05, 0.1) is 26.5 Å². The Hall–Kier alpha value is -3.60. The number of hydrogen-bond donors (Lipinski definition) is 0. The summed E-state index contributed by atoms with van der Waals surface area (Å²) in [5, 5.41) is 0. The van der Waals surface area contributed by atoms with Crippen molar-refractivity contribution in [3.05, 3.63) is 101 Å². The van der Waals surface area contributed by atoms with Gasteiger partial charge in [-0.05, 0) is 43.2 Å². The molecule has 0 saturated heterocycles. The van der Waals surface area contributed by atoms with Gasteiger partial charge in [-0.3, -0.25) is 9.78 Å². The normalized spacial score (nSPS) is 10.4. The van der Waals surface area contributed by atoms with Crippen molar-refractivity contribution >= 4 is 5.91 Å². The number of hydrogen-bond acceptors (Lipinski definition) is 4. The molecule has 31 heavy (non-hydrogen) atoms. The van der Waals surface area contributed by atoms with Gasteiger partial charge in [-0.2, -0.15) is 0 Å². The number of rotatable bonds is 9. The van der Waals surface area contributed by atoms with Gasteiger partial charge < -0.3 is 14.4 Å². The molecule has 160 valence electrons. The number of allylic oxidation sites excluding steroid dienone is 1. The van der Waals surface area contributed by atoms with Crippen LogP contribution in [0.25, 0.3) is 0 Å². The number of carbonyl (C=O) groups is 1. The molecule has 0 bridgehead atoms. The Labute approximate surface area is 184 Å². The average molecular weight is 417 g/mol. The van der Waals surface area contributed by atoms with Crippen LogP contribution in [0.4, 0.5) is 0 Å². The zero-order chi connectivity index (χ0) is 22.2. The number of ether oxygens (including phenoxy) is 2. The molecule has 3 rings (SSSR count). The van der Waals surface area contributed by atoms with Crippen LogP contribution in [0, 0.1) is 6.92 Å². The third kappa shape index (κ3) is 5.51. The summed E-state index contributed by atoms with van der Waals surface area (Å²) in [6.45, 7) is 6.74. The highest BCUT2D eigenvalue weighted by Crippen LogP contribution is 2.34. The van der Waals surface area contributed by atoms with Crippen LogP contribution in [0.15, 0.2) is 73.4 Å². The third-order valence-electron chi connectivity index (χ3n) is 4.99. The molecule has 1 amide bonds. The fraction of sp³-hybridized carbons (Fsp3) is 0.231. The highest BCUT2D eigenvalue weighted by molar-refractivity contribution is 5.95. The van der Waals surface area contributed by atoms with E-state index in [2.05, 4.69) is 17.6 Å². The van der Waals surface area contributed by atoms with Crippen molar-refractivity contribution in [3.8, 4) is 11.5 Å². The van der Waals surface area contributed by atoms with E-state index in [1.54, 1.807) is 37.5 Å². The number of pyridine rings is 1. The quantitative estimate of drug-likeness (QED) is 0.462. The minimum atomic E-state index is -0.0987. The van der Waals surface area contributed by atoms with Crippen LogP contribution in [0.2, 0.25) is 0 Å². The summed E-state index contributed by atoms with van der Waals surface area (Å²) in [5.41, 5.74) is 4.44. The molecule has 1 aromatic heterocycles. The van der Waals surface area contributed by atoms with E-state index >= 15 is 0 Å². The average Bonchev–Trinajstić information content (AvgIpc) is 2.78. The molecule has 0 fully saturated rings. The fourth-order valence-electron chi connectivity index (χ4n) is 3.57. The van der Waals surface area contributed by atoms with Gasteiger partial charge in [-0.15, -0.1) is 6.58 Å². The molecular formula is C26H28N2O3. The number of carbonyl (C=O) groups excluding carboxylic acids is 1. The fourth-order valence-corrected chi connectivity index (χ4v) is 3.57. The number of methoxy groups -OCH3 is 2. The molecule has 2 aromatic carbocycles. The van der Waals surface area contributed by atoms with Crippen molar-refractivity contribution in [2.24, 2.45) is 0 Å². The zero-order valence-electron chi connectivity index (χ0n) is 18.3. The van der Waals surface area contributed by atoms with Crippen LogP contribution in [-0.2, 0) is 19.5 Å². The first-order valence-corrected chi connectivity index (χ1v) is 10.2. The zero-order valence-corrected chi connectivity index (χ0v) is 18.3. The first kappa shape index (κ1) is 22.1. The van der Waals surface area contributed by atoms with Crippen molar-refractivity contribution in [1.82, 2.24) is 9.88 Å². The molecule has 0 aliphatic carbocycles. The summed E-state index contributed by atoms with van der Waals surface area (Å²) in [6, 6.07) is 17.5. The van der Waals surface area contributed by atoms with Gasteiger partial charge in [0.2, 0.25) is 0 Å². The molecule has 5 heteroatoms. The highest BCUT2D eigenvalue weighted by atomic mass is 16.5. The molecule has 0 N–H and O–H groups in total. The Morgan fingerprint density at radius 3 is 2.55 bits per heavy atom. The Kier molecular flexibility index (Phi) is 7.44. The number of aryl methyl sites for hydroxylation is 1. The van der Waals surface area contributed by atoms with Crippen molar-refractivity contribution < 1.29 is 14.3 Å². The summed E-state index contributed by atoms with van der Waals surface area (Å²) >= 11 is 0. The van der Waals surface area contributed by atoms with E-state index in [9.17, 15) is 4.79 Å². The maximum absolute atomic E-state index is 13.6. The summed E-state index contributed by atoms with van der Waals surface area (Å²) in [5.74, 6) is 1.05. The standard InChI is InChI=1S/C26H28N2O3/c1-5-9-21-15-22(16-24(30-3)25(21)31-4)26(29)28(18-23-12-6-7-13-27-23)17-20-11-8-10-19(2)14-20/h5-8,10-16H,1,9,17-18H2,2-4H3. The third-order valence-corrected chi connectivity index (χ3v) is 4.99. The van der Waals surface area contributed by atoms with Crippen LogP contribution in [0.5, 0.6) is 11.5 Å². The summed E-state index contributed by atoms with van der Waals surface area (Å²) in [7, 11) is 3.17. The number of aromatic nitrogens is 1. The monoisotopic (exact) mass is 416 g/mol. The first-order valence-electron chi connectivity index (χ1n) is 10.2. The predicted octanol–water partition coefficient (Wildman–Crippen LogP) is 4.98. The predicted molar refractivity (Wildman–Crippen MR) is 122 cm³/mol. The van der Waals surface area contributed by atoms with Gasteiger partial charge in [-0.1, -0.05) is 42.0 Å². The Bertz CT molecular complexity index is 1050. The van der Waals surface area contributed by atoms with Crippen LogP contribution in [-0.4, -0.2) is 30.0 Å². The van der Waals surface area contributed by atoms with Crippen LogP contribution >= 0.6 is 0 Å². The second-order valence-electron chi connectivity index (χ2n) is 7.34. The maximum Gasteiger partial charge on any atom is 0.254 e. The van der Waals surface area contributed by atoms with Crippen LogP contribution in [0.3, 0.4) is 0 Å². The van der Waals surface area contributed by atoms with Gasteiger partial charge in [-0.25, -0.2) is 0 Å². The largest absolute Gasteiger partial charge is 0.493 e. The minimum Gasteiger partial charge on any atom is -0.493 e. The SMILES string of the molecule is C=CCc1cc(C(=O)N(Cc2cccc(C)c2)Cc2ccccn2)cc(OC)c1OC. The van der Waals surface area contributed by atoms with E-state index in [0.717, 1.165) is 22.4 Å². The highest BCUT2D eigenvalue weighted by Gasteiger charge is 2.21. The van der Waals surface area contributed by atoms with Gasteiger partial charge >= 0.3 is 0 Å². The first-order chi connectivity index (χ1) is 15.0. The van der Waals surface area contributed by atoms with Crippen molar-refractivity contribution in [2.75, 3.05) is 14.2 Å². The smallest absolute Gasteiger partial charge is 0.254 e. The molecule has 0 aliphatic heterocycles. The molecule has 5 nitrogen and oxygen atoms in total. The molecule has 0 radical (unpaired) electrons. The van der Waals surface area contributed by atoms with E-state index in [4.69, 9.17) is 9.47 Å². The van der Waals surface area contributed by atoms with E-state index in [0.29, 0.717) is 36.6 Å². The van der Waals surface area contributed by atoms with E-state index < -0.39 is 0 Å². The molecule has 1 heterocycles. The minimum absolute atomic E-state index is 0.0987. The molecule has 0 unspecified atom stereocenters. The second-order valence-corrected chi connectivity index (χ2v) is 7.34. The van der Waals surface area contributed by atoms with Crippen molar-refractivity contribution in [3.63, 3.8) is 0 Å². The Balaban J connectivity index is 2.00. The van der Waals surface area contributed by atoms with Gasteiger partial charge in [0.1, 0.15) is 0 Å². The summed E-state index contributed by atoms with van der Waals surface area (Å²) in [6.07, 6.45) is 4.09. The van der Waals surface area contributed by atoms with E-state index in [1.165, 1.54) is 0 Å². The molecule has 0 spiro atoms. The molecule has 3 aromatic rings. The lowest BCUT2D eigenvalue weighted by molar-refractivity contribution is 0.0727. The molecular weight excluding hydrogens is 388 g/mol. The van der Waals surface area contributed by atoms with E-state index in [-0.39, 0.29) is 5.91 Å². The number of nitrogens with zero attached hydrogens (tertiary/aromatic N) is 2. The van der Waals surface area contributed by atoms with Gasteiger partial charge in [0.15, 0.2) is 11.5 Å². The number of benzene rings is 2. The van der Waals surface area contributed by atoms with Gasteiger partial charge in [0.25, 0.3) is 5.91 Å². The molecule has 0 saturated carbocycles. The Morgan fingerprint density at radius 2 is 1.90 bits per heavy atom. The lowest BCUT2D eigenvalue weighted by Crippen LogP contribution is -2.30. The van der Waals surface area contributed by atoms with Crippen LogP contribution < -0.4 is 9.47 Å².